The maximum absolute atomic E-state index is 13.1. The molecule has 0 radical (unpaired) electrons. The molecule has 1 aliphatic rings. The predicted octanol–water partition coefficient (Wildman–Crippen LogP) is 4.34. The molecule has 5 heteroatoms. The monoisotopic (exact) mass is 361 g/mol. The average Bonchev–Trinajstić information content (AvgIpc) is 2.74. The van der Waals surface area contributed by atoms with Crippen LogP contribution in [0.3, 0.4) is 0 Å². The molecule has 5 nitrogen and oxygen atoms in total. The van der Waals surface area contributed by atoms with Gasteiger partial charge in [0.1, 0.15) is 11.6 Å². The van der Waals surface area contributed by atoms with Gasteiger partial charge in [-0.15, -0.1) is 0 Å². The summed E-state index contributed by atoms with van der Waals surface area (Å²) in [6.07, 6.45) is 7.43. The van der Waals surface area contributed by atoms with E-state index in [2.05, 4.69) is 5.10 Å². The van der Waals surface area contributed by atoms with Gasteiger partial charge < -0.3 is 4.74 Å². The first-order chi connectivity index (χ1) is 13.3. The first-order valence-corrected chi connectivity index (χ1v) is 9.46. The first kappa shape index (κ1) is 17.5. The number of ether oxygens (including phenoxy) is 1. The standard InChI is InChI=1S/C22H23N3O2/c1-27-18-13-11-16(12-14-18)15-23-25-21(17-7-3-2-4-8-17)24-20-10-6-5-9-19(20)22(25)26/h5-6,9-15,17H,2-4,7-8H2,1H3. The van der Waals surface area contributed by atoms with Crippen molar-refractivity contribution in [1.29, 1.82) is 0 Å². The van der Waals surface area contributed by atoms with E-state index in [1.165, 1.54) is 23.9 Å². The number of fused-ring (bicyclic) bond motifs is 1. The maximum atomic E-state index is 13.1. The van der Waals surface area contributed by atoms with Crippen molar-refractivity contribution in [2.24, 2.45) is 5.10 Å². The van der Waals surface area contributed by atoms with Crippen LogP contribution in [0.25, 0.3) is 10.9 Å². The zero-order chi connectivity index (χ0) is 18.6. The molecule has 0 N–H and O–H groups in total. The molecule has 3 aromatic rings. The molecule has 0 saturated heterocycles. The van der Waals surface area contributed by atoms with Gasteiger partial charge in [-0.1, -0.05) is 31.4 Å². The molecule has 27 heavy (non-hydrogen) atoms. The summed E-state index contributed by atoms with van der Waals surface area (Å²) in [5.41, 5.74) is 1.55. The summed E-state index contributed by atoms with van der Waals surface area (Å²) in [7, 11) is 1.64. The number of nitrogens with zero attached hydrogens (tertiary/aromatic N) is 3. The molecule has 1 fully saturated rings. The van der Waals surface area contributed by atoms with Gasteiger partial charge in [0, 0.05) is 5.92 Å². The first-order valence-electron chi connectivity index (χ1n) is 9.46. The van der Waals surface area contributed by atoms with Gasteiger partial charge in [0.05, 0.1) is 24.2 Å². The number of hydrogen-bond donors (Lipinski definition) is 0. The van der Waals surface area contributed by atoms with E-state index in [0.29, 0.717) is 5.39 Å². The Hall–Kier alpha value is -2.95. The van der Waals surface area contributed by atoms with E-state index in [-0.39, 0.29) is 11.5 Å². The van der Waals surface area contributed by atoms with E-state index in [0.717, 1.165) is 35.5 Å². The fourth-order valence-corrected chi connectivity index (χ4v) is 3.69. The van der Waals surface area contributed by atoms with Crippen molar-refractivity contribution < 1.29 is 4.74 Å². The van der Waals surface area contributed by atoms with Gasteiger partial charge in [-0.05, 0) is 54.8 Å². The fraction of sp³-hybridized carbons (Fsp3) is 0.318. The molecule has 0 bridgehead atoms. The van der Waals surface area contributed by atoms with Crippen LogP contribution in [-0.4, -0.2) is 23.0 Å². The van der Waals surface area contributed by atoms with Crippen molar-refractivity contribution in [3.05, 3.63) is 70.3 Å². The normalized spacial score (nSPS) is 15.4. The van der Waals surface area contributed by atoms with Gasteiger partial charge in [-0.2, -0.15) is 9.78 Å². The molecule has 1 heterocycles. The number of aromatic nitrogens is 2. The molecule has 4 rings (SSSR count). The van der Waals surface area contributed by atoms with Crippen LogP contribution in [0.5, 0.6) is 5.75 Å². The highest BCUT2D eigenvalue weighted by Gasteiger charge is 2.22. The Balaban J connectivity index is 1.79. The van der Waals surface area contributed by atoms with E-state index in [9.17, 15) is 4.79 Å². The van der Waals surface area contributed by atoms with Crippen LogP contribution < -0.4 is 10.3 Å². The lowest BCUT2D eigenvalue weighted by molar-refractivity contribution is 0.415. The predicted molar refractivity (Wildman–Crippen MR) is 108 cm³/mol. The molecule has 0 spiro atoms. The molecular formula is C22H23N3O2. The van der Waals surface area contributed by atoms with E-state index < -0.39 is 0 Å². The molecule has 0 unspecified atom stereocenters. The van der Waals surface area contributed by atoms with Crippen molar-refractivity contribution in [1.82, 2.24) is 9.66 Å². The molecule has 0 aliphatic heterocycles. The highest BCUT2D eigenvalue weighted by molar-refractivity contribution is 5.80. The summed E-state index contributed by atoms with van der Waals surface area (Å²) in [6, 6.07) is 15.1. The lowest BCUT2D eigenvalue weighted by Crippen LogP contribution is -2.25. The van der Waals surface area contributed by atoms with Gasteiger partial charge in [0.15, 0.2) is 0 Å². The van der Waals surface area contributed by atoms with Crippen LogP contribution >= 0.6 is 0 Å². The summed E-state index contributed by atoms with van der Waals surface area (Å²) in [4.78, 5) is 17.9. The zero-order valence-electron chi connectivity index (χ0n) is 15.5. The Morgan fingerprint density at radius 1 is 1.07 bits per heavy atom. The number of para-hydroxylation sites is 1. The van der Waals surface area contributed by atoms with Crippen molar-refractivity contribution >= 4 is 17.1 Å². The van der Waals surface area contributed by atoms with Crippen LogP contribution in [0.2, 0.25) is 0 Å². The topological polar surface area (TPSA) is 56.5 Å². The summed E-state index contributed by atoms with van der Waals surface area (Å²) in [6.45, 7) is 0. The Morgan fingerprint density at radius 3 is 2.56 bits per heavy atom. The van der Waals surface area contributed by atoms with Crippen LogP contribution in [0.15, 0.2) is 58.4 Å². The highest BCUT2D eigenvalue weighted by Crippen LogP contribution is 2.31. The summed E-state index contributed by atoms with van der Waals surface area (Å²) >= 11 is 0. The van der Waals surface area contributed by atoms with E-state index in [1.807, 2.05) is 48.5 Å². The maximum Gasteiger partial charge on any atom is 0.282 e. The van der Waals surface area contributed by atoms with E-state index in [1.54, 1.807) is 13.3 Å². The zero-order valence-corrected chi connectivity index (χ0v) is 15.5. The van der Waals surface area contributed by atoms with Crippen LogP contribution in [-0.2, 0) is 0 Å². The minimum atomic E-state index is -0.106. The van der Waals surface area contributed by atoms with Crippen molar-refractivity contribution in [3.8, 4) is 5.75 Å². The second kappa shape index (κ2) is 7.74. The quantitative estimate of drug-likeness (QED) is 0.650. The van der Waals surface area contributed by atoms with Gasteiger partial charge in [-0.3, -0.25) is 4.79 Å². The third-order valence-electron chi connectivity index (χ3n) is 5.19. The average molecular weight is 361 g/mol. The second-order valence-corrected chi connectivity index (χ2v) is 6.96. The summed E-state index contributed by atoms with van der Waals surface area (Å²) in [5.74, 6) is 1.85. The SMILES string of the molecule is COc1ccc(C=Nn2c(C3CCCCC3)nc3ccccc3c2=O)cc1. The number of benzene rings is 2. The lowest BCUT2D eigenvalue weighted by atomic mass is 9.88. The Labute approximate surface area is 158 Å². The molecule has 0 atom stereocenters. The van der Waals surface area contributed by atoms with Crippen molar-refractivity contribution in [2.45, 2.75) is 38.0 Å². The number of methoxy groups -OCH3 is 1. The number of hydrogen-bond acceptors (Lipinski definition) is 4. The molecule has 2 aromatic carbocycles. The largest absolute Gasteiger partial charge is 0.497 e. The smallest absolute Gasteiger partial charge is 0.282 e. The lowest BCUT2D eigenvalue weighted by Gasteiger charge is -2.22. The summed E-state index contributed by atoms with van der Waals surface area (Å²) < 4.78 is 6.69. The molecular weight excluding hydrogens is 338 g/mol. The van der Waals surface area contributed by atoms with Crippen LogP contribution in [0.1, 0.15) is 49.4 Å². The fourth-order valence-electron chi connectivity index (χ4n) is 3.69. The Morgan fingerprint density at radius 2 is 1.81 bits per heavy atom. The molecule has 1 aliphatic carbocycles. The van der Waals surface area contributed by atoms with Gasteiger partial charge in [0.25, 0.3) is 5.56 Å². The molecule has 138 valence electrons. The van der Waals surface area contributed by atoms with Crippen LogP contribution in [0.4, 0.5) is 0 Å². The van der Waals surface area contributed by atoms with Crippen LogP contribution in [0, 0.1) is 0 Å². The molecule has 1 saturated carbocycles. The third-order valence-corrected chi connectivity index (χ3v) is 5.19. The van der Waals surface area contributed by atoms with Gasteiger partial charge in [-0.25, -0.2) is 4.98 Å². The summed E-state index contributed by atoms with van der Waals surface area (Å²) in [5, 5.41) is 5.13. The Kier molecular flexibility index (Phi) is 5.01. The van der Waals surface area contributed by atoms with Crippen molar-refractivity contribution in [2.75, 3.05) is 7.11 Å². The minimum Gasteiger partial charge on any atom is -0.497 e. The number of rotatable bonds is 4. The van der Waals surface area contributed by atoms with Gasteiger partial charge >= 0.3 is 0 Å². The molecule has 0 amide bonds. The van der Waals surface area contributed by atoms with Crippen molar-refractivity contribution in [3.63, 3.8) is 0 Å². The van der Waals surface area contributed by atoms with Gasteiger partial charge in [0.2, 0.25) is 0 Å². The highest BCUT2D eigenvalue weighted by atomic mass is 16.5. The third kappa shape index (κ3) is 3.63. The minimum absolute atomic E-state index is 0.106. The molecule has 1 aromatic heterocycles. The van der Waals surface area contributed by atoms with E-state index >= 15 is 0 Å². The van der Waals surface area contributed by atoms with E-state index in [4.69, 9.17) is 9.72 Å². The second-order valence-electron chi connectivity index (χ2n) is 6.96. The Bertz CT molecular complexity index is 1020.